The quantitative estimate of drug-likeness (QED) is 0.681. The third-order valence-electron chi connectivity index (χ3n) is 2.50. The van der Waals surface area contributed by atoms with Crippen molar-refractivity contribution in [3.8, 4) is 11.5 Å². The molecule has 0 radical (unpaired) electrons. The minimum atomic E-state index is -0.270. The Balaban J connectivity index is 2.05. The Morgan fingerprint density at radius 2 is 2.19 bits per heavy atom. The van der Waals surface area contributed by atoms with Crippen molar-refractivity contribution < 1.29 is 15.0 Å². The highest BCUT2D eigenvalue weighted by Crippen LogP contribution is 2.25. The van der Waals surface area contributed by atoms with Gasteiger partial charge < -0.3 is 15.5 Å². The second-order valence-corrected chi connectivity index (χ2v) is 4.89. The van der Waals surface area contributed by atoms with E-state index in [9.17, 15) is 9.90 Å². The fraction of sp³-hybridized carbons (Fsp3) is 0.364. The van der Waals surface area contributed by atoms with E-state index >= 15 is 0 Å². The molecule has 5 heteroatoms. The normalized spacial score (nSPS) is 19.6. The molecule has 0 aromatic heterocycles. The molecule has 1 saturated heterocycles. The molecule has 2 rings (SSSR count). The molecule has 16 heavy (non-hydrogen) atoms. The van der Waals surface area contributed by atoms with E-state index in [1.54, 1.807) is 0 Å². The molecular weight excluding hydrogens is 226 g/mol. The summed E-state index contributed by atoms with van der Waals surface area (Å²) in [4.78, 5) is 11.8. The Bertz CT molecular complexity index is 402. The van der Waals surface area contributed by atoms with Gasteiger partial charge in [-0.25, -0.2) is 0 Å². The van der Waals surface area contributed by atoms with Gasteiger partial charge in [0.2, 0.25) is 0 Å². The number of hydrogen-bond acceptors (Lipinski definition) is 4. The zero-order valence-electron chi connectivity index (χ0n) is 8.64. The number of benzene rings is 1. The molecule has 0 aliphatic carbocycles. The number of phenols is 2. The molecular formula is C11H13NO3S. The van der Waals surface area contributed by atoms with Crippen LogP contribution in [0.25, 0.3) is 0 Å². The predicted octanol–water partition coefficient (Wildman–Crippen LogP) is 1.33. The number of amides is 1. The smallest absolute Gasteiger partial charge is 0.251 e. The summed E-state index contributed by atoms with van der Waals surface area (Å²) in [5.74, 6) is 1.32. The van der Waals surface area contributed by atoms with Crippen LogP contribution in [0, 0.1) is 0 Å². The van der Waals surface area contributed by atoms with E-state index in [-0.39, 0.29) is 23.4 Å². The van der Waals surface area contributed by atoms with Crippen LogP contribution in [-0.2, 0) is 0 Å². The summed E-state index contributed by atoms with van der Waals surface area (Å²) in [7, 11) is 0. The summed E-state index contributed by atoms with van der Waals surface area (Å²) in [6.45, 7) is 0. The van der Waals surface area contributed by atoms with Crippen LogP contribution in [0.15, 0.2) is 18.2 Å². The predicted molar refractivity (Wildman–Crippen MR) is 63.0 cm³/mol. The van der Waals surface area contributed by atoms with Crippen LogP contribution >= 0.6 is 11.8 Å². The summed E-state index contributed by atoms with van der Waals surface area (Å²) in [5.41, 5.74) is 0.368. The molecule has 86 valence electrons. The van der Waals surface area contributed by atoms with Crippen molar-refractivity contribution in [3.05, 3.63) is 23.8 Å². The van der Waals surface area contributed by atoms with Gasteiger partial charge in [-0.3, -0.25) is 4.79 Å². The molecule has 4 nitrogen and oxygen atoms in total. The van der Waals surface area contributed by atoms with Crippen molar-refractivity contribution >= 4 is 17.7 Å². The van der Waals surface area contributed by atoms with Crippen molar-refractivity contribution in [2.45, 2.75) is 12.5 Å². The number of nitrogens with one attached hydrogen (secondary N) is 1. The van der Waals surface area contributed by atoms with Gasteiger partial charge in [-0.15, -0.1) is 0 Å². The largest absolute Gasteiger partial charge is 0.504 e. The molecule has 1 unspecified atom stereocenters. The molecule has 1 atom stereocenters. The molecule has 0 saturated carbocycles. The Hall–Kier alpha value is -1.36. The van der Waals surface area contributed by atoms with Crippen molar-refractivity contribution in [2.24, 2.45) is 0 Å². The maximum absolute atomic E-state index is 11.8. The SMILES string of the molecule is O=C(NC1CCSC1)c1ccc(O)c(O)c1. The van der Waals surface area contributed by atoms with Crippen LogP contribution in [0.1, 0.15) is 16.8 Å². The Morgan fingerprint density at radius 1 is 1.38 bits per heavy atom. The van der Waals surface area contributed by atoms with Gasteiger partial charge in [-0.05, 0) is 30.4 Å². The molecule has 1 aromatic carbocycles. The number of thioether (sulfide) groups is 1. The second kappa shape index (κ2) is 4.65. The van der Waals surface area contributed by atoms with Crippen molar-refractivity contribution in [3.63, 3.8) is 0 Å². The highest BCUT2D eigenvalue weighted by atomic mass is 32.2. The average Bonchev–Trinajstić information content (AvgIpc) is 2.74. The van der Waals surface area contributed by atoms with Crippen LogP contribution in [0.3, 0.4) is 0 Å². The summed E-state index contributed by atoms with van der Waals surface area (Å²) >= 11 is 1.82. The molecule has 1 amide bonds. The Kier molecular flexibility index (Phi) is 3.24. The molecule has 3 N–H and O–H groups in total. The van der Waals surface area contributed by atoms with Crippen LogP contribution in [0.2, 0.25) is 0 Å². The molecule has 1 fully saturated rings. The third kappa shape index (κ3) is 2.41. The lowest BCUT2D eigenvalue weighted by atomic mass is 10.1. The van der Waals surface area contributed by atoms with Crippen LogP contribution in [0.5, 0.6) is 11.5 Å². The summed E-state index contributed by atoms with van der Waals surface area (Å²) in [6, 6.07) is 4.29. The monoisotopic (exact) mass is 239 g/mol. The number of carbonyl (C=O) groups is 1. The number of carbonyl (C=O) groups excluding carboxylic acids is 1. The van der Waals surface area contributed by atoms with Crippen LogP contribution in [0.4, 0.5) is 0 Å². The van der Waals surface area contributed by atoms with E-state index in [1.165, 1.54) is 18.2 Å². The minimum absolute atomic E-state index is 0.206. The zero-order valence-corrected chi connectivity index (χ0v) is 9.46. The highest BCUT2D eigenvalue weighted by Gasteiger charge is 2.18. The highest BCUT2D eigenvalue weighted by molar-refractivity contribution is 7.99. The van der Waals surface area contributed by atoms with Gasteiger partial charge in [0.05, 0.1) is 0 Å². The molecule has 1 heterocycles. The average molecular weight is 239 g/mol. The molecule has 1 aromatic rings. The maximum Gasteiger partial charge on any atom is 0.251 e. The van der Waals surface area contributed by atoms with Gasteiger partial charge in [0, 0.05) is 17.4 Å². The Labute approximate surface area is 97.7 Å². The molecule has 0 spiro atoms. The third-order valence-corrected chi connectivity index (χ3v) is 3.66. The lowest BCUT2D eigenvalue weighted by molar-refractivity contribution is 0.0940. The first-order valence-electron chi connectivity index (χ1n) is 5.07. The summed E-state index contributed by atoms with van der Waals surface area (Å²) < 4.78 is 0. The molecule has 0 bridgehead atoms. The topological polar surface area (TPSA) is 69.6 Å². The molecule has 1 aliphatic rings. The lowest BCUT2D eigenvalue weighted by Crippen LogP contribution is -2.34. The number of phenolic OH excluding ortho intramolecular Hbond substituents is 2. The number of aromatic hydroxyl groups is 2. The zero-order chi connectivity index (χ0) is 11.5. The molecule has 1 aliphatic heterocycles. The van der Waals surface area contributed by atoms with Gasteiger partial charge in [-0.1, -0.05) is 0 Å². The van der Waals surface area contributed by atoms with E-state index in [4.69, 9.17) is 5.11 Å². The van der Waals surface area contributed by atoms with E-state index in [0.717, 1.165) is 17.9 Å². The first-order valence-corrected chi connectivity index (χ1v) is 6.23. The second-order valence-electron chi connectivity index (χ2n) is 3.74. The van der Waals surface area contributed by atoms with Gasteiger partial charge in [0.25, 0.3) is 5.91 Å². The first kappa shape index (κ1) is 11.1. The maximum atomic E-state index is 11.8. The summed E-state index contributed by atoms with van der Waals surface area (Å²) in [5, 5.41) is 21.3. The van der Waals surface area contributed by atoms with Gasteiger partial charge in [0.15, 0.2) is 11.5 Å². The first-order chi connectivity index (χ1) is 7.66. The van der Waals surface area contributed by atoms with Gasteiger partial charge in [0.1, 0.15) is 0 Å². The van der Waals surface area contributed by atoms with Crippen LogP contribution < -0.4 is 5.32 Å². The fourth-order valence-electron chi connectivity index (χ4n) is 1.58. The van der Waals surface area contributed by atoms with Crippen molar-refractivity contribution in [2.75, 3.05) is 11.5 Å². The van der Waals surface area contributed by atoms with Crippen molar-refractivity contribution in [1.82, 2.24) is 5.32 Å². The van der Waals surface area contributed by atoms with E-state index in [2.05, 4.69) is 5.32 Å². The minimum Gasteiger partial charge on any atom is -0.504 e. The summed E-state index contributed by atoms with van der Waals surface area (Å²) in [6.07, 6.45) is 0.987. The number of hydrogen-bond donors (Lipinski definition) is 3. The lowest BCUT2D eigenvalue weighted by Gasteiger charge is -2.11. The van der Waals surface area contributed by atoms with Gasteiger partial charge in [-0.2, -0.15) is 11.8 Å². The van der Waals surface area contributed by atoms with E-state index < -0.39 is 0 Å². The Morgan fingerprint density at radius 3 is 2.81 bits per heavy atom. The van der Waals surface area contributed by atoms with E-state index in [1.807, 2.05) is 11.8 Å². The van der Waals surface area contributed by atoms with Gasteiger partial charge >= 0.3 is 0 Å². The van der Waals surface area contributed by atoms with E-state index in [0.29, 0.717) is 5.56 Å². The van der Waals surface area contributed by atoms with Crippen LogP contribution in [-0.4, -0.2) is 33.7 Å². The van der Waals surface area contributed by atoms with Crippen molar-refractivity contribution in [1.29, 1.82) is 0 Å². The fourth-order valence-corrected chi connectivity index (χ4v) is 2.73. The number of rotatable bonds is 2. The standard InChI is InChI=1S/C11H13NO3S/c13-9-2-1-7(5-10(9)14)11(15)12-8-3-4-16-6-8/h1-2,5,8,13-14H,3-4,6H2,(H,12,15).